The fraction of sp³-hybridized carbons (Fsp3) is 0.0233. The number of fused-ring (bicyclic) bond motifs is 36. The largest absolute Gasteiger partial charge is 0.456 e. The second-order valence-corrected chi connectivity index (χ2v) is 39.1. The lowest BCUT2D eigenvalue weighted by molar-refractivity contribution is 0.656. The first-order valence-electron chi connectivity index (χ1n) is 48.3. The molecule has 1 aliphatic carbocycles. The van der Waals surface area contributed by atoms with Gasteiger partial charge < -0.3 is 17.7 Å². The number of aromatic nitrogens is 9. The normalized spacial score (nSPS) is 12.7. The number of rotatable bonds is 6. The van der Waals surface area contributed by atoms with Crippen LogP contribution in [0.1, 0.15) is 25.0 Å². The molecule has 0 radical (unpaired) electrons. The smallest absolute Gasteiger partial charge is 0.236 e. The Hall–Kier alpha value is -18.8. The van der Waals surface area contributed by atoms with Crippen molar-refractivity contribution in [3.05, 3.63) is 430 Å². The quantitative estimate of drug-likeness (QED) is 0.158. The molecule has 666 valence electrons. The third-order valence-corrected chi connectivity index (χ3v) is 31.1. The van der Waals surface area contributed by atoms with Crippen LogP contribution in [0.5, 0.6) is 0 Å². The average molecular weight is 1850 g/mol. The Kier molecular flexibility index (Phi) is 16.7. The van der Waals surface area contributed by atoms with Crippen LogP contribution in [0.15, 0.2) is 436 Å². The summed E-state index contributed by atoms with van der Waals surface area (Å²) in [6, 6.07) is 148. The fourth-order valence-corrected chi connectivity index (χ4v) is 24.7. The summed E-state index contributed by atoms with van der Waals surface area (Å²) < 4.78 is 34.7. The zero-order valence-electron chi connectivity index (χ0n) is 76.9. The van der Waals surface area contributed by atoms with Gasteiger partial charge in [-0.3, -0.25) is 13.7 Å². The van der Waals surface area contributed by atoms with Crippen molar-refractivity contribution < 1.29 is 17.7 Å². The molecule has 21 aromatic carbocycles. The van der Waals surface area contributed by atoms with E-state index in [0.717, 1.165) is 187 Å². The van der Waals surface area contributed by atoms with Crippen LogP contribution in [-0.2, 0) is 5.41 Å². The van der Waals surface area contributed by atoms with Gasteiger partial charge in [0, 0.05) is 119 Å². The van der Waals surface area contributed by atoms with E-state index in [1.54, 1.807) is 11.3 Å². The lowest BCUT2D eigenvalue weighted by Gasteiger charge is -2.24. The molecule has 32 aromatic rings. The van der Waals surface area contributed by atoms with Crippen LogP contribution in [0.3, 0.4) is 0 Å². The third kappa shape index (κ3) is 11.7. The highest BCUT2D eigenvalue weighted by Gasteiger charge is 2.42. The van der Waals surface area contributed by atoms with Gasteiger partial charge >= 0.3 is 0 Å². The lowest BCUT2D eigenvalue weighted by atomic mass is 9.80. The van der Waals surface area contributed by atoms with E-state index in [-0.39, 0.29) is 5.41 Å². The summed E-state index contributed by atoms with van der Waals surface area (Å²) in [4.78, 5) is 32.9. The van der Waals surface area contributed by atoms with Gasteiger partial charge in [-0.2, -0.15) is 0 Å². The van der Waals surface area contributed by atoms with Crippen molar-refractivity contribution in [2.24, 2.45) is 0 Å². The Morgan fingerprint density at radius 3 is 1.11 bits per heavy atom. The molecule has 11 aromatic heterocycles. The van der Waals surface area contributed by atoms with Gasteiger partial charge in [-0.15, -0.1) is 11.3 Å². The SMILES string of the molecule is CC1(C)c2ccccc2-c2nc(-n3c4cc5ccccc5cc4c4ccc5ccccc5c43)nc(-c3cccc4oc5ccccc5c34)c21.c1ccc2cc3c(cc2c1)c1c2ccccc2ccc1n3-c1nc(-c2cccc3oc4ccccc4c23)c2oc3ccccc3c2n1.c1ccc2cc3c(cc2c1)c1c2ccccc2ccc1n3-c1nc(-c2cccc3oc4ccccc4c23)c2sc3ccccc3c2n1. The number of furan rings is 4. The average Bonchev–Trinajstić information content (AvgIpc) is 1.50. The predicted molar refractivity (Wildman–Crippen MR) is 590 cm³/mol. The van der Waals surface area contributed by atoms with E-state index >= 15 is 0 Å². The summed E-state index contributed by atoms with van der Waals surface area (Å²) in [7, 11) is 0. The molecule has 0 unspecified atom stereocenters. The fourth-order valence-electron chi connectivity index (χ4n) is 23.6. The van der Waals surface area contributed by atoms with Crippen molar-refractivity contribution in [1.29, 1.82) is 0 Å². The van der Waals surface area contributed by atoms with Gasteiger partial charge in [-0.1, -0.05) is 329 Å². The topological polar surface area (TPSA) is 145 Å². The maximum atomic E-state index is 6.57. The molecule has 0 N–H and O–H groups in total. The van der Waals surface area contributed by atoms with Crippen LogP contribution in [0.2, 0.25) is 0 Å². The first-order valence-corrected chi connectivity index (χ1v) is 49.2. The van der Waals surface area contributed by atoms with Gasteiger partial charge in [0.1, 0.15) is 50.3 Å². The maximum absolute atomic E-state index is 6.57. The highest BCUT2D eigenvalue weighted by molar-refractivity contribution is 7.26. The molecule has 0 atom stereocenters. The minimum absolute atomic E-state index is 0.314. The zero-order valence-corrected chi connectivity index (χ0v) is 77.7. The highest BCUT2D eigenvalue weighted by Crippen LogP contribution is 2.55. The van der Waals surface area contributed by atoms with Crippen LogP contribution in [0.4, 0.5) is 0 Å². The molecule has 13 nitrogen and oxygen atoms in total. The number of nitrogens with zero attached hydrogens (tertiary/aromatic N) is 9. The molecule has 143 heavy (non-hydrogen) atoms. The molecule has 1 aliphatic rings. The number of thiophene rings is 1. The van der Waals surface area contributed by atoms with E-state index in [0.29, 0.717) is 23.4 Å². The zero-order chi connectivity index (χ0) is 93.7. The number of hydrogen-bond donors (Lipinski definition) is 0. The molecule has 0 amide bonds. The monoisotopic (exact) mass is 1850 g/mol. The molecule has 11 heterocycles. The first-order chi connectivity index (χ1) is 70.7. The maximum Gasteiger partial charge on any atom is 0.236 e. The molecule has 0 bridgehead atoms. The first kappa shape index (κ1) is 79.3. The predicted octanol–water partition coefficient (Wildman–Crippen LogP) is 34.9. The van der Waals surface area contributed by atoms with Gasteiger partial charge in [0.05, 0.1) is 60.4 Å². The molecular formula is C129H75N9O4S. The standard InChI is InChI=1S/C45H29N3O.C42H23N3O2.C42H23N3OS/c1-45(2)35-19-9-7-16-31(35)41-40(45)42(33-18-11-21-38-39(33)32-17-8-10-20-37(32)49-38)47-44(46-41)48-36-25-28-14-4-3-13-27(28)24-34(36)30-23-22-26-12-5-6-15-29(26)43(30)48;1-2-12-26-23-33-31(22-25(26)11-1)37-27-13-4-3-10-24(27)20-21-32(37)45(33)42-43-39-29-15-6-8-18-35(29)47-41(39)40(44-42)30-16-9-19-36-38(30)28-14-5-7-17-34(28)46-36;1-2-12-26-23-33-31(22-25(26)11-1)37-27-13-4-3-10-24(27)20-21-32(37)45(33)42-43-39-29-15-6-8-19-36(29)47-41(39)40(44-42)30-16-9-18-35-38(30)28-14-5-7-17-34(28)46-35/h3-25H,1-2H3;2*1-23H. The van der Waals surface area contributed by atoms with E-state index in [9.17, 15) is 0 Å². The van der Waals surface area contributed by atoms with Crippen molar-refractivity contribution in [1.82, 2.24) is 43.6 Å². The van der Waals surface area contributed by atoms with Crippen molar-refractivity contribution >= 4 is 250 Å². The molecule has 0 aliphatic heterocycles. The summed E-state index contributed by atoms with van der Waals surface area (Å²) in [5.41, 5.74) is 24.7. The Bertz CT molecular complexity index is 10800. The number of benzene rings is 21. The minimum Gasteiger partial charge on any atom is -0.456 e. The summed E-state index contributed by atoms with van der Waals surface area (Å²) in [6.07, 6.45) is 0. The lowest BCUT2D eigenvalue weighted by Crippen LogP contribution is -2.18. The Morgan fingerprint density at radius 1 is 0.224 bits per heavy atom. The molecular weight excluding hydrogens is 1770 g/mol. The summed E-state index contributed by atoms with van der Waals surface area (Å²) >= 11 is 1.75. The highest BCUT2D eigenvalue weighted by atomic mass is 32.1. The van der Waals surface area contributed by atoms with E-state index in [1.807, 2.05) is 78.9 Å². The summed E-state index contributed by atoms with van der Waals surface area (Å²) in [5.74, 6) is 1.92. The summed E-state index contributed by atoms with van der Waals surface area (Å²) in [5, 5.41) is 30.0. The Morgan fingerprint density at radius 2 is 0.580 bits per heavy atom. The van der Waals surface area contributed by atoms with Gasteiger partial charge in [-0.05, 0) is 168 Å². The van der Waals surface area contributed by atoms with Crippen molar-refractivity contribution in [3.8, 4) is 62.9 Å². The Balaban J connectivity index is 0.0000000981. The van der Waals surface area contributed by atoms with Crippen molar-refractivity contribution in [2.45, 2.75) is 19.3 Å². The second-order valence-electron chi connectivity index (χ2n) is 38.1. The molecule has 33 rings (SSSR count). The van der Waals surface area contributed by atoms with E-state index in [2.05, 4.69) is 367 Å². The van der Waals surface area contributed by atoms with Gasteiger partial charge in [0.25, 0.3) is 0 Å². The van der Waals surface area contributed by atoms with E-state index in [1.165, 1.54) is 102 Å². The number of hydrogen-bond acceptors (Lipinski definition) is 11. The molecule has 0 spiro atoms. The van der Waals surface area contributed by atoms with Crippen LogP contribution in [0, 0.1) is 0 Å². The van der Waals surface area contributed by atoms with Crippen molar-refractivity contribution in [3.63, 3.8) is 0 Å². The Labute approximate surface area is 816 Å². The van der Waals surface area contributed by atoms with E-state index < -0.39 is 0 Å². The molecule has 0 fully saturated rings. The van der Waals surface area contributed by atoms with Crippen LogP contribution < -0.4 is 0 Å². The number of para-hydroxylation sites is 4. The van der Waals surface area contributed by atoms with Crippen LogP contribution in [0.25, 0.3) is 301 Å². The van der Waals surface area contributed by atoms with Crippen LogP contribution in [-0.4, -0.2) is 43.6 Å². The summed E-state index contributed by atoms with van der Waals surface area (Å²) in [6.45, 7) is 4.61. The van der Waals surface area contributed by atoms with Crippen molar-refractivity contribution in [2.75, 3.05) is 0 Å². The molecule has 14 heteroatoms. The van der Waals surface area contributed by atoms with Crippen LogP contribution >= 0.6 is 11.3 Å². The van der Waals surface area contributed by atoms with Gasteiger partial charge in [0.2, 0.25) is 17.8 Å². The minimum atomic E-state index is -0.314. The molecule has 0 saturated carbocycles. The van der Waals surface area contributed by atoms with Gasteiger partial charge in [-0.25, -0.2) is 29.9 Å². The third-order valence-electron chi connectivity index (χ3n) is 29.9. The second kappa shape index (κ2) is 30.1. The van der Waals surface area contributed by atoms with E-state index in [4.69, 9.17) is 47.6 Å². The van der Waals surface area contributed by atoms with Gasteiger partial charge in [0.15, 0.2) is 5.58 Å². The molecule has 0 saturated heterocycles.